The number of halogens is 3. The third kappa shape index (κ3) is 3.50. The third-order valence-electron chi connectivity index (χ3n) is 8.30. The van der Waals surface area contributed by atoms with Crippen molar-refractivity contribution in [3.8, 4) is 0 Å². The Balaban J connectivity index is 0.979. The van der Waals surface area contributed by atoms with Crippen LogP contribution < -0.4 is 5.32 Å². The molecule has 1 aromatic rings. The van der Waals surface area contributed by atoms with Crippen LogP contribution in [-0.4, -0.2) is 83.0 Å². The molecule has 3 aliphatic heterocycles. The number of nitrogens with one attached hydrogen (secondary N) is 2. The van der Waals surface area contributed by atoms with E-state index in [2.05, 4.69) is 15.5 Å². The average Bonchev–Trinajstić information content (AvgIpc) is 3.41. The van der Waals surface area contributed by atoms with E-state index in [1.807, 2.05) is 4.90 Å². The lowest BCUT2D eigenvalue weighted by Crippen LogP contribution is -2.68. The second-order valence-corrected chi connectivity index (χ2v) is 10.7. The fourth-order valence-electron chi connectivity index (χ4n) is 6.38. The van der Waals surface area contributed by atoms with Gasteiger partial charge < -0.3 is 19.9 Å². The first-order valence-corrected chi connectivity index (χ1v) is 11.7. The molecular weight excluding hydrogens is 439 g/mol. The Bertz CT molecular complexity index is 961. The maximum Gasteiger partial charge on any atom is 0.399 e. The number of piperidine rings is 1. The quantitative estimate of drug-likeness (QED) is 0.711. The predicted molar refractivity (Wildman–Crippen MR) is 109 cm³/mol. The zero-order valence-electron chi connectivity index (χ0n) is 18.3. The van der Waals surface area contributed by atoms with Crippen molar-refractivity contribution in [3.63, 3.8) is 0 Å². The van der Waals surface area contributed by atoms with E-state index in [1.54, 1.807) is 11.0 Å². The van der Waals surface area contributed by atoms with E-state index < -0.39 is 11.6 Å². The number of fused-ring (bicyclic) bond motifs is 1. The van der Waals surface area contributed by atoms with Gasteiger partial charge in [-0.2, -0.15) is 18.3 Å². The van der Waals surface area contributed by atoms with Gasteiger partial charge in [0.05, 0.1) is 23.5 Å². The minimum atomic E-state index is -4.23. The number of ether oxygens (including phenoxy) is 1. The summed E-state index contributed by atoms with van der Waals surface area (Å²) < 4.78 is 45.5. The van der Waals surface area contributed by atoms with E-state index in [0.29, 0.717) is 31.1 Å². The minimum absolute atomic E-state index is 0.0150. The lowest BCUT2D eigenvalue weighted by molar-refractivity contribution is -0.161. The molecule has 2 saturated carbocycles. The number of H-pyrrole nitrogens is 1. The average molecular weight is 467 g/mol. The number of amides is 3. The molecule has 2 atom stereocenters. The highest BCUT2D eigenvalue weighted by atomic mass is 19.4. The first-order valence-electron chi connectivity index (χ1n) is 11.7. The van der Waals surface area contributed by atoms with Crippen LogP contribution in [0.3, 0.4) is 0 Å². The number of morpholine rings is 1. The maximum absolute atomic E-state index is 13.3. The molecule has 0 radical (unpaired) electrons. The smallest absolute Gasteiger partial charge is 0.366 e. The number of hydrogen-bond acceptors (Lipinski definition) is 4. The first kappa shape index (κ1) is 21.2. The van der Waals surface area contributed by atoms with Crippen molar-refractivity contribution in [2.75, 3.05) is 32.8 Å². The Kier molecular flexibility index (Phi) is 4.57. The van der Waals surface area contributed by atoms with Gasteiger partial charge in [-0.1, -0.05) is 0 Å². The number of carbonyl (C=O) groups excluding carboxylic acids is 2. The number of alkyl halides is 3. The molecule has 4 heterocycles. The summed E-state index contributed by atoms with van der Waals surface area (Å²) in [5.41, 5.74) is -0.673. The molecule has 1 spiro atoms. The zero-order chi connectivity index (χ0) is 23.0. The second-order valence-electron chi connectivity index (χ2n) is 10.7. The van der Waals surface area contributed by atoms with Crippen molar-refractivity contribution in [1.29, 1.82) is 0 Å². The van der Waals surface area contributed by atoms with Crippen LogP contribution in [0.2, 0.25) is 0 Å². The number of likely N-dealkylation sites (tertiary alicyclic amines) is 2. The van der Waals surface area contributed by atoms with Crippen LogP contribution in [0.5, 0.6) is 0 Å². The van der Waals surface area contributed by atoms with Gasteiger partial charge in [-0.05, 0) is 50.5 Å². The zero-order valence-corrected chi connectivity index (χ0v) is 18.3. The van der Waals surface area contributed by atoms with Gasteiger partial charge in [0.25, 0.3) is 0 Å². The van der Waals surface area contributed by atoms with Crippen molar-refractivity contribution in [2.24, 2.45) is 11.3 Å². The number of carbonyl (C=O) groups is 2. The Morgan fingerprint density at radius 3 is 2.70 bits per heavy atom. The summed E-state index contributed by atoms with van der Waals surface area (Å²) in [6.45, 7) is 2.64. The molecule has 8 nitrogen and oxygen atoms in total. The summed E-state index contributed by atoms with van der Waals surface area (Å²) in [6, 6.07) is 1.47. The molecule has 0 unspecified atom stereocenters. The van der Waals surface area contributed by atoms with Crippen molar-refractivity contribution < 1.29 is 27.5 Å². The Morgan fingerprint density at radius 1 is 1.24 bits per heavy atom. The van der Waals surface area contributed by atoms with Crippen LogP contribution >= 0.6 is 0 Å². The van der Waals surface area contributed by atoms with Crippen LogP contribution in [0.1, 0.15) is 43.5 Å². The van der Waals surface area contributed by atoms with Gasteiger partial charge >= 0.3 is 12.2 Å². The second kappa shape index (κ2) is 7.10. The molecule has 11 heteroatoms. The molecule has 2 N–H and O–H groups in total. The van der Waals surface area contributed by atoms with E-state index in [-0.39, 0.29) is 54.6 Å². The number of hydrogen-bond donors (Lipinski definition) is 2. The topological polar surface area (TPSA) is 90.6 Å². The van der Waals surface area contributed by atoms with Crippen LogP contribution in [0.4, 0.5) is 18.0 Å². The third-order valence-corrected chi connectivity index (χ3v) is 8.30. The molecule has 6 rings (SSSR count). The molecule has 5 fully saturated rings. The van der Waals surface area contributed by atoms with Gasteiger partial charge in [-0.3, -0.25) is 9.89 Å². The normalized spacial score (nSPS) is 30.3. The van der Waals surface area contributed by atoms with Crippen LogP contribution in [0.15, 0.2) is 6.07 Å². The molecule has 1 aromatic heterocycles. The molecular formula is C22H28F3N5O3. The molecule has 0 aromatic carbocycles. The molecule has 0 bridgehead atoms. The SMILES string of the molecule is O=C1CO[C@H]2CCN(C(=O)N3CC4(CC(Cc5cc(C6(C(F)(F)F)CC6)[nH]n5)C4)C3)C[C@H]2N1. The van der Waals surface area contributed by atoms with Crippen molar-refractivity contribution >= 4 is 11.9 Å². The van der Waals surface area contributed by atoms with E-state index >= 15 is 0 Å². The Labute approximate surface area is 189 Å². The van der Waals surface area contributed by atoms with E-state index in [1.165, 1.54) is 0 Å². The summed E-state index contributed by atoms with van der Waals surface area (Å²) >= 11 is 0. The molecule has 5 aliphatic rings. The highest BCUT2D eigenvalue weighted by Gasteiger charge is 2.65. The number of urea groups is 1. The highest BCUT2D eigenvalue weighted by Crippen LogP contribution is 2.58. The molecule has 2 aliphatic carbocycles. The summed E-state index contributed by atoms with van der Waals surface area (Å²) in [4.78, 5) is 28.2. The lowest BCUT2D eigenvalue weighted by atomic mass is 9.57. The predicted octanol–water partition coefficient (Wildman–Crippen LogP) is 1.97. The summed E-state index contributed by atoms with van der Waals surface area (Å²) in [6.07, 6.45) is -0.650. The van der Waals surface area contributed by atoms with E-state index in [4.69, 9.17) is 4.74 Å². The van der Waals surface area contributed by atoms with Gasteiger partial charge in [-0.15, -0.1) is 0 Å². The monoisotopic (exact) mass is 467 g/mol. The summed E-state index contributed by atoms with van der Waals surface area (Å²) in [7, 11) is 0. The molecule has 3 saturated heterocycles. The molecule has 180 valence electrons. The minimum Gasteiger partial charge on any atom is -0.366 e. The van der Waals surface area contributed by atoms with Gasteiger partial charge in [0, 0.05) is 31.6 Å². The Morgan fingerprint density at radius 2 is 2.00 bits per heavy atom. The lowest BCUT2D eigenvalue weighted by Gasteiger charge is -2.60. The van der Waals surface area contributed by atoms with Gasteiger partial charge in [0.1, 0.15) is 12.0 Å². The highest BCUT2D eigenvalue weighted by molar-refractivity contribution is 5.79. The van der Waals surface area contributed by atoms with Gasteiger partial charge in [0.15, 0.2) is 0 Å². The molecule has 33 heavy (non-hydrogen) atoms. The summed E-state index contributed by atoms with van der Waals surface area (Å²) in [5, 5.41) is 9.71. The van der Waals surface area contributed by atoms with Crippen molar-refractivity contribution in [2.45, 2.75) is 62.3 Å². The van der Waals surface area contributed by atoms with Crippen LogP contribution in [0, 0.1) is 11.3 Å². The Hall–Kier alpha value is -2.30. The van der Waals surface area contributed by atoms with Gasteiger partial charge in [0.2, 0.25) is 5.91 Å². The number of aromatic nitrogens is 2. The largest absolute Gasteiger partial charge is 0.399 e. The maximum atomic E-state index is 13.3. The van der Waals surface area contributed by atoms with Crippen LogP contribution in [-0.2, 0) is 21.4 Å². The van der Waals surface area contributed by atoms with Gasteiger partial charge in [-0.25, -0.2) is 4.79 Å². The van der Waals surface area contributed by atoms with E-state index in [9.17, 15) is 22.8 Å². The summed E-state index contributed by atoms with van der Waals surface area (Å²) in [5.74, 6) is 0.258. The fourth-order valence-corrected chi connectivity index (χ4v) is 6.38. The van der Waals surface area contributed by atoms with Crippen molar-refractivity contribution in [1.82, 2.24) is 25.3 Å². The number of rotatable bonds is 3. The van der Waals surface area contributed by atoms with E-state index in [0.717, 1.165) is 32.4 Å². The number of aromatic amines is 1. The van der Waals surface area contributed by atoms with Crippen molar-refractivity contribution in [3.05, 3.63) is 17.5 Å². The number of nitrogens with zero attached hydrogens (tertiary/aromatic N) is 3. The standard InChI is InChI=1S/C22H28F3N5O3/c23-22(24,25)21(2-3-21)17-6-14(27-28-17)5-13-7-20(8-13)11-30(12-20)19(32)29-4-1-16-15(9-29)26-18(31)10-33-16/h6,13,15-16H,1-5,7-12H2,(H,26,31)(H,27,28)/t15-,16+/m1/s1. The van der Waals surface area contributed by atoms with Crippen LogP contribution in [0.25, 0.3) is 0 Å². The first-order chi connectivity index (χ1) is 15.7. The molecule has 3 amide bonds. The fraction of sp³-hybridized carbons (Fsp3) is 0.773.